The van der Waals surface area contributed by atoms with Crippen LogP contribution in [0.15, 0.2) is 35.2 Å². The fraction of sp³-hybridized carbons (Fsp3) is 0.524. The molecule has 1 fully saturated rings. The SMILES string of the molecule is CC(C)c1cc(C(=O)Nc2cccc(S(=O)(=O)N3CCCC3)c2)nn1C(C)(C)C. The van der Waals surface area contributed by atoms with Gasteiger partial charge in [0.25, 0.3) is 5.91 Å². The second-order valence-corrected chi connectivity index (χ2v) is 10.7. The van der Waals surface area contributed by atoms with Gasteiger partial charge in [-0.2, -0.15) is 9.40 Å². The van der Waals surface area contributed by atoms with Gasteiger partial charge >= 0.3 is 0 Å². The Morgan fingerprint density at radius 3 is 2.34 bits per heavy atom. The average molecular weight is 419 g/mol. The highest BCUT2D eigenvalue weighted by Gasteiger charge is 2.28. The number of carbonyl (C=O) groups excluding carboxylic acids is 1. The van der Waals surface area contributed by atoms with Crippen molar-refractivity contribution in [2.75, 3.05) is 18.4 Å². The Balaban J connectivity index is 1.85. The van der Waals surface area contributed by atoms with Crippen molar-refractivity contribution in [1.82, 2.24) is 14.1 Å². The van der Waals surface area contributed by atoms with Gasteiger partial charge in [-0.3, -0.25) is 9.48 Å². The molecule has 3 rings (SSSR count). The van der Waals surface area contributed by atoms with E-state index in [9.17, 15) is 13.2 Å². The maximum Gasteiger partial charge on any atom is 0.276 e. The van der Waals surface area contributed by atoms with Crippen LogP contribution in [0.4, 0.5) is 5.69 Å². The summed E-state index contributed by atoms with van der Waals surface area (Å²) in [7, 11) is -3.53. The Bertz CT molecular complexity index is 997. The minimum atomic E-state index is -3.53. The van der Waals surface area contributed by atoms with Crippen LogP contribution in [-0.4, -0.2) is 41.5 Å². The van der Waals surface area contributed by atoms with E-state index in [0.29, 0.717) is 24.5 Å². The lowest BCUT2D eigenvalue weighted by Crippen LogP contribution is -2.28. The summed E-state index contributed by atoms with van der Waals surface area (Å²) < 4.78 is 28.9. The summed E-state index contributed by atoms with van der Waals surface area (Å²) in [5, 5.41) is 7.31. The van der Waals surface area contributed by atoms with Crippen molar-refractivity contribution in [3.8, 4) is 0 Å². The van der Waals surface area contributed by atoms with Gasteiger partial charge < -0.3 is 5.32 Å². The number of aromatic nitrogens is 2. The van der Waals surface area contributed by atoms with Crippen molar-refractivity contribution in [2.45, 2.75) is 63.8 Å². The third-order valence-electron chi connectivity index (χ3n) is 4.99. The zero-order chi connectivity index (χ0) is 21.4. The normalized spacial score (nSPS) is 15.8. The lowest BCUT2D eigenvalue weighted by atomic mass is 10.1. The van der Waals surface area contributed by atoms with Crippen molar-refractivity contribution >= 4 is 21.6 Å². The minimum Gasteiger partial charge on any atom is -0.321 e. The molecular formula is C21H30N4O3S. The highest BCUT2D eigenvalue weighted by molar-refractivity contribution is 7.89. The summed E-state index contributed by atoms with van der Waals surface area (Å²) in [5.74, 6) is -0.136. The molecule has 158 valence electrons. The van der Waals surface area contributed by atoms with E-state index in [4.69, 9.17) is 0 Å². The van der Waals surface area contributed by atoms with E-state index in [1.165, 1.54) is 10.4 Å². The molecule has 2 aromatic rings. The first kappa shape index (κ1) is 21.5. The van der Waals surface area contributed by atoms with Gasteiger partial charge in [-0.1, -0.05) is 19.9 Å². The third kappa shape index (κ3) is 4.53. The van der Waals surface area contributed by atoms with Crippen LogP contribution in [-0.2, 0) is 15.6 Å². The second-order valence-electron chi connectivity index (χ2n) is 8.78. The van der Waals surface area contributed by atoms with Gasteiger partial charge in [0, 0.05) is 24.5 Å². The van der Waals surface area contributed by atoms with Gasteiger partial charge in [0.05, 0.1) is 10.4 Å². The Morgan fingerprint density at radius 2 is 1.79 bits per heavy atom. The maximum absolute atomic E-state index is 12.8. The van der Waals surface area contributed by atoms with Gasteiger partial charge in [0.15, 0.2) is 5.69 Å². The molecule has 7 nitrogen and oxygen atoms in total. The van der Waals surface area contributed by atoms with Gasteiger partial charge in [-0.25, -0.2) is 8.42 Å². The fourth-order valence-corrected chi connectivity index (χ4v) is 5.03. The number of benzene rings is 1. The third-order valence-corrected chi connectivity index (χ3v) is 6.89. The summed E-state index contributed by atoms with van der Waals surface area (Å²) in [6.07, 6.45) is 1.76. The molecule has 29 heavy (non-hydrogen) atoms. The Hall–Kier alpha value is -2.19. The summed E-state index contributed by atoms with van der Waals surface area (Å²) >= 11 is 0. The molecule has 1 aliphatic rings. The van der Waals surface area contributed by atoms with Gasteiger partial charge in [0.2, 0.25) is 10.0 Å². The molecule has 1 aliphatic heterocycles. The molecule has 1 saturated heterocycles. The molecule has 0 unspecified atom stereocenters. The molecule has 1 amide bonds. The molecule has 0 spiro atoms. The van der Waals surface area contributed by atoms with Gasteiger partial charge in [0.1, 0.15) is 0 Å². The molecule has 0 saturated carbocycles. The molecule has 0 radical (unpaired) electrons. The number of amides is 1. The van der Waals surface area contributed by atoms with E-state index in [2.05, 4.69) is 24.3 Å². The molecular weight excluding hydrogens is 388 g/mol. The first-order valence-electron chi connectivity index (χ1n) is 10.0. The molecule has 1 N–H and O–H groups in total. The summed E-state index contributed by atoms with van der Waals surface area (Å²) in [6.45, 7) is 11.3. The van der Waals surface area contributed by atoms with Crippen LogP contribution >= 0.6 is 0 Å². The fourth-order valence-electron chi connectivity index (χ4n) is 3.46. The van der Waals surface area contributed by atoms with E-state index < -0.39 is 10.0 Å². The minimum absolute atomic E-state index is 0.195. The zero-order valence-corrected chi connectivity index (χ0v) is 18.6. The van der Waals surface area contributed by atoms with E-state index in [-0.39, 0.29) is 22.3 Å². The van der Waals surface area contributed by atoms with Crippen molar-refractivity contribution in [1.29, 1.82) is 0 Å². The predicted octanol–water partition coefficient (Wildman–Crippen LogP) is 3.80. The Labute approximate surface area is 173 Å². The van der Waals surface area contributed by atoms with Crippen molar-refractivity contribution in [2.24, 2.45) is 0 Å². The Morgan fingerprint density at radius 1 is 1.14 bits per heavy atom. The van der Waals surface area contributed by atoms with E-state index in [0.717, 1.165) is 18.5 Å². The smallest absolute Gasteiger partial charge is 0.276 e. The van der Waals surface area contributed by atoms with Crippen LogP contribution in [0.2, 0.25) is 0 Å². The molecule has 1 aromatic carbocycles. The second kappa shape index (κ2) is 7.91. The standard InChI is InChI=1S/C21H30N4O3S/c1-15(2)19-14-18(23-25(19)21(3,4)5)20(26)22-16-9-8-10-17(13-16)29(27,28)24-11-6-7-12-24/h8-10,13-15H,6-7,11-12H2,1-5H3,(H,22,26). The van der Waals surface area contributed by atoms with Crippen LogP contribution in [0.3, 0.4) is 0 Å². The van der Waals surface area contributed by atoms with Gasteiger partial charge in [-0.15, -0.1) is 0 Å². The highest BCUT2D eigenvalue weighted by atomic mass is 32.2. The quantitative estimate of drug-likeness (QED) is 0.800. The Kier molecular flexibility index (Phi) is 5.87. The van der Waals surface area contributed by atoms with E-state index in [1.54, 1.807) is 24.3 Å². The number of carbonyl (C=O) groups is 1. The topological polar surface area (TPSA) is 84.3 Å². The molecule has 0 bridgehead atoms. The number of nitrogens with zero attached hydrogens (tertiary/aromatic N) is 3. The number of nitrogens with one attached hydrogen (secondary N) is 1. The summed E-state index contributed by atoms with van der Waals surface area (Å²) in [6, 6.07) is 8.21. The van der Waals surface area contributed by atoms with Crippen LogP contribution in [0.1, 0.15) is 69.6 Å². The van der Waals surface area contributed by atoms with Crippen LogP contribution in [0.25, 0.3) is 0 Å². The molecule has 0 atom stereocenters. The van der Waals surface area contributed by atoms with Crippen molar-refractivity contribution in [3.05, 3.63) is 41.7 Å². The summed E-state index contributed by atoms with van der Waals surface area (Å²) in [5.41, 5.74) is 1.48. The lowest BCUT2D eigenvalue weighted by molar-refractivity contribution is 0.102. The monoisotopic (exact) mass is 418 g/mol. The zero-order valence-electron chi connectivity index (χ0n) is 17.8. The molecule has 0 aliphatic carbocycles. The van der Waals surface area contributed by atoms with Gasteiger partial charge in [-0.05, 0) is 63.8 Å². The predicted molar refractivity (Wildman–Crippen MR) is 114 cm³/mol. The van der Waals surface area contributed by atoms with Crippen molar-refractivity contribution < 1.29 is 13.2 Å². The number of hydrogen-bond donors (Lipinski definition) is 1. The number of hydrogen-bond acceptors (Lipinski definition) is 4. The first-order chi connectivity index (χ1) is 13.5. The number of rotatable bonds is 5. The number of anilines is 1. The highest BCUT2D eigenvalue weighted by Crippen LogP contribution is 2.25. The molecule has 8 heteroatoms. The average Bonchev–Trinajstić information content (AvgIpc) is 3.32. The number of sulfonamides is 1. The maximum atomic E-state index is 12.8. The molecule has 2 heterocycles. The summed E-state index contributed by atoms with van der Waals surface area (Å²) in [4.78, 5) is 13.0. The molecule has 1 aromatic heterocycles. The van der Waals surface area contributed by atoms with E-state index in [1.807, 2.05) is 25.5 Å². The van der Waals surface area contributed by atoms with Crippen LogP contribution in [0.5, 0.6) is 0 Å². The first-order valence-corrected chi connectivity index (χ1v) is 11.5. The van der Waals surface area contributed by atoms with E-state index >= 15 is 0 Å². The van der Waals surface area contributed by atoms with Crippen molar-refractivity contribution in [3.63, 3.8) is 0 Å². The lowest BCUT2D eigenvalue weighted by Gasteiger charge is -2.23. The van der Waals surface area contributed by atoms with Crippen LogP contribution < -0.4 is 5.32 Å². The largest absolute Gasteiger partial charge is 0.321 e. The van der Waals surface area contributed by atoms with Crippen LogP contribution in [0, 0.1) is 0 Å².